The van der Waals surface area contributed by atoms with Gasteiger partial charge in [-0.05, 0) is 19.1 Å². The summed E-state index contributed by atoms with van der Waals surface area (Å²) in [6, 6.07) is 4.01. The van der Waals surface area contributed by atoms with Crippen LogP contribution >= 0.6 is 11.8 Å². The van der Waals surface area contributed by atoms with Crippen LogP contribution in [0.4, 0.5) is 14.5 Å². The average molecular weight is 337 g/mol. The number of anilines is 1. The van der Waals surface area contributed by atoms with Crippen molar-refractivity contribution in [2.45, 2.75) is 24.5 Å². The molecule has 8 heteroatoms. The summed E-state index contributed by atoms with van der Waals surface area (Å²) in [6.45, 7) is 1.74. The molecule has 2 aromatic rings. The second-order valence-corrected chi connectivity index (χ2v) is 6.22. The number of aryl methyl sites for hydroxylation is 1. The molecular weight excluding hydrogens is 324 g/mol. The van der Waals surface area contributed by atoms with Crippen molar-refractivity contribution in [1.29, 1.82) is 0 Å². The van der Waals surface area contributed by atoms with Crippen molar-refractivity contribution in [2.24, 2.45) is 0 Å². The molecule has 1 amide bonds. The second kappa shape index (κ2) is 6.11. The summed E-state index contributed by atoms with van der Waals surface area (Å²) < 4.78 is 27.9. The minimum atomic E-state index is -0.839. The van der Waals surface area contributed by atoms with Gasteiger partial charge in [0.2, 0.25) is 5.91 Å². The lowest BCUT2D eigenvalue weighted by molar-refractivity contribution is -0.116. The van der Waals surface area contributed by atoms with E-state index in [9.17, 15) is 18.4 Å². The number of nitrogens with one attached hydrogen (secondary N) is 1. The predicted octanol–water partition coefficient (Wildman–Crippen LogP) is 2.51. The van der Waals surface area contributed by atoms with Gasteiger partial charge in [-0.2, -0.15) is 0 Å². The molecule has 1 aromatic carbocycles. The molecule has 2 heterocycles. The molecule has 0 saturated carbocycles. The van der Waals surface area contributed by atoms with Crippen molar-refractivity contribution >= 4 is 23.4 Å². The quantitative estimate of drug-likeness (QED) is 0.874. The fraction of sp³-hybridized carbons (Fsp3) is 0.267. The van der Waals surface area contributed by atoms with Crippen molar-refractivity contribution in [2.75, 3.05) is 11.1 Å². The molecule has 23 heavy (non-hydrogen) atoms. The number of aromatic nitrogens is 2. The maximum Gasteiger partial charge on any atom is 0.254 e. The average Bonchev–Trinajstić information content (AvgIpc) is 2.85. The van der Waals surface area contributed by atoms with Gasteiger partial charge in [0.15, 0.2) is 5.16 Å². The fourth-order valence-corrected chi connectivity index (χ4v) is 3.61. The molecule has 0 radical (unpaired) electrons. The summed E-state index contributed by atoms with van der Waals surface area (Å²) in [6.07, 6.45) is 0.0153. The van der Waals surface area contributed by atoms with Crippen LogP contribution in [-0.2, 0) is 4.79 Å². The summed E-state index contributed by atoms with van der Waals surface area (Å²) >= 11 is 1.41. The van der Waals surface area contributed by atoms with Gasteiger partial charge >= 0.3 is 0 Å². The number of carbonyl (C=O) groups excluding carboxylic acids is 1. The fourth-order valence-electron chi connectivity index (χ4n) is 2.42. The summed E-state index contributed by atoms with van der Waals surface area (Å²) in [7, 11) is 0. The molecule has 1 N–H and O–H groups in total. The monoisotopic (exact) mass is 337 g/mol. The Bertz CT molecular complexity index is 838. The zero-order chi connectivity index (χ0) is 16.6. The van der Waals surface area contributed by atoms with E-state index in [4.69, 9.17) is 0 Å². The van der Waals surface area contributed by atoms with Crippen LogP contribution in [0.25, 0.3) is 0 Å². The zero-order valence-electron chi connectivity index (χ0n) is 12.2. The third-order valence-corrected chi connectivity index (χ3v) is 4.54. The Morgan fingerprint density at radius 3 is 2.96 bits per heavy atom. The van der Waals surface area contributed by atoms with Gasteiger partial charge in [0.05, 0.1) is 11.7 Å². The van der Waals surface area contributed by atoms with Crippen LogP contribution in [0, 0.1) is 18.6 Å². The Morgan fingerprint density at radius 2 is 2.22 bits per heavy atom. The van der Waals surface area contributed by atoms with Crippen molar-refractivity contribution in [3.05, 3.63) is 51.9 Å². The molecule has 0 saturated heterocycles. The van der Waals surface area contributed by atoms with Gasteiger partial charge in [0, 0.05) is 30.0 Å². The van der Waals surface area contributed by atoms with Gasteiger partial charge in [0.25, 0.3) is 5.56 Å². The highest BCUT2D eigenvalue weighted by molar-refractivity contribution is 7.99. The number of carbonyl (C=O) groups is 1. The Morgan fingerprint density at radius 1 is 1.43 bits per heavy atom. The Hall–Kier alpha value is -2.22. The number of rotatable bonds is 3. The van der Waals surface area contributed by atoms with Gasteiger partial charge in [-0.25, -0.2) is 13.8 Å². The standard InChI is InChI=1S/C15H13F2N3O2S/c1-8-4-14(22)20-10(7-23-15(20)18-8)6-13(21)19-12-3-2-9(16)5-11(12)17/h2-5,10H,6-7H2,1H3,(H,19,21). The third-order valence-electron chi connectivity index (χ3n) is 3.44. The number of thioether (sulfide) groups is 1. The van der Waals surface area contributed by atoms with E-state index in [0.717, 1.165) is 12.1 Å². The number of benzene rings is 1. The Labute approximate surface area is 134 Å². The van der Waals surface area contributed by atoms with Crippen molar-refractivity contribution in [1.82, 2.24) is 9.55 Å². The highest BCUT2D eigenvalue weighted by atomic mass is 32.2. The van der Waals surface area contributed by atoms with E-state index < -0.39 is 17.5 Å². The molecule has 0 spiro atoms. The Kier molecular flexibility index (Phi) is 4.16. The third kappa shape index (κ3) is 3.26. The van der Waals surface area contributed by atoms with Gasteiger partial charge in [-0.3, -0.25) is 14.2 Å². The first kappa shape index (κ1) is 15.7. The zero-order valence-corrected chi connectivity index (χ0v) is 13.0. The lowest BCUT2D eigenvalue weighted by atomic mass is 10.2. The SMILES string of the molecule is Cc1cc(=O)n2c(n1)SCC2CC(=O)Nc1ccc(F)cc1F. The van der Waals surface area contributed by atoms with E-state index in [0.29, 0.717) is 22.7 Å². The lowest BCUT2D eigenvalue weighted by Gasteiger charge is -2.13. The van der Waals surface area contributed by atoms with Gasteiger partial charge in [-0.1, -0.05) is 11.8 Å². The van der Waals surface area contributed by atoms with E-state index in [-0.39, 0.29) is 23.7 Å². The molecular formula is C15H13F2N3O2S. The minimum Gasteiger partial charge on any atom is -0.324 e. The summed E-state index contributed by atoms with van der Waals surface area (Å²) in [5, 5.41) is 2.98. The molecule has 0 aliphatic carbocycles. The molecule has 3 rings (SSSR count). The molecule has 1 atom stereocenters. The van der Waals surface area contributed by atoms with Crippen LogP contribution in [0.1, 0.15) is 18.2 Å². The first-order valence-corrected chi connectivity index (χ1v) is 7.90. The minimum absolute atomic E-state index is 0.0153. The number of fused-ring (bicyclic) bond motifs is 1. The van der Waals surface area contributed by atoms with Crippen molar-refractivity contribution in [3.8, 4) is 0 Å². The maximum absolute atomic E-state index is 13.5. The number of hydrogen-bond donors (Lipinski definition) is 1. The van der Waals surface area contributed by atoms with Gasteiger partial charge in [-0.15, -0.1) is 0 Å². The number of hydrogen-bond acceptors (Lipinski definition) is 4. The van der Waals surface area contributed by atoms with E-state index in [2.05, 4.69) is 10.3 Å². The van der Waals surface area contributed by atoms with Gasteiger partial charge < -0.3 is 5.32 Å². The molecule has 1 aromatic heterocycles. The van der Waals surface area contributed by atoms with E-state index in [1.807, 2.05) is 0 Å². The number of halogens is 2. The van der Waals surface area contributed by atoms with E-state index >= 15 is 0 Å². The lowest BCUT2D eigenvalue weighted by Crippen LogP contribution is -2.27. The van der Waals surface area contributed by atoms with Crippen LogP contribution in [0.3, 0.4) is 0 Å². The second-order valence-electron chi connectivity index (χ2n) is 5.23. The van der Waals surface area contributed by atoms with Crippen molar-refractivity contribution < 1.29 is 13.6 Å². The summed E-state index contributed by atoms with van der Waals surface area (Å²) in [5.41, 5.74) is 0.340. The van der Waals surface area contributed by atoms with Crippen molar-refractivity contribution in [3.63, 3.8) is 0 Å². The summed E-state index contributed by atoms with van der Waals surface area (Å²) in [4.78, 5) is 28.4. The highest BCUT2D eigenvalue weighted by Gasteiger charge is 2.27. The van der Waals surface area contributed by atoms with Crippen LogP contribution in [0.5, 0.6) is 0 Å². The van der Waals surface area contributed by atoms with Gasteiger partial charge in [0.1, 0.15) is 11.6 Å². The maximum atomic E-state index is 13.5. The first-order chi connectivity index (χ1) is 10.9. The van der Waals surface area contributed by atoms with E-state index in [1.165, 1.54) is 22.4 Å². The summed E-state index contributed by atoms with van der Waals surface area (Å²) in [5.74, 6) is -1.45. The first-order valence-electron chi connectivity index (χ1n) is 6.92. The Balaban J connectivity index is 1.74. The highest BCUT2D eigenvalue weighted by Crippen LogP contribution is 2.32. The van der Waals surface area contributed by atoms with Crippen LogP contribution < -0.4 is 10.9 Å². The molecule has 1 aliphatic heterocycles. The molecule has 1 aliphatic rings. The van der Waals surface area contributed by atoms with Crippen LogP contribution in [0.2, 0.25) is 0 Å². The van der Waals surface area contributed by atoms with E-state index in [1.54, 1.807) is 6.92 Å². The smallest absolute Gasteiger partial charge is 0.254 e. The molecule has 1 unspecified atom stereocenters. The largest absolute Gasteiger partial charge is 0.324 e. The predicted molar refractivity (Wildman–Crippen MR) is 82.6 cm³/mol. The molecule has 0 bridgehead atoms. The normalized spacial score (nSPS) is 16.2. The van der Waals surface area contributed by atoms with Crippen LogP contribution in [-0.4, -0.2) is 21.2 Å². The number of amides is 1. The molecule has 0 fully saturated rings. The van der Waals surface area contributed by atoms with Crippen LogP contribution in [0.15, 0.2) is 34.2 Å². The number of nitrogens with zero attached hydrogens (tertiary/aromatic N) is 2. The topological polar surface area (TPSA) is 64.0 Å². The molecule has 5 nitrogen and oxygen atoms in total. The molecule has 120 valence electrons.